The lowest BCUT2D eigenvalue weighted by Crippen LogP contribution is -2.40. The standard InChI is InChI=1S/C18H25N3OS/c1-3-20(14-8-4-5-9-14)18(22)12-21-16-11-7-6-10-15(16)19-17(21)13-23-2/h6-7,10-11,14H,3-5,8-9,12-13H2,1-2H3. The van der Waals surface area contributed by atoms with Crippen LogP contribution in [0, 0.1) is 0 Å². The zero-order valence-electron chi connectivity index (χ0n) is 14.0. The Morgan fingerprint density at radius 1 is 1.35 bits per heavy atom. The molecule has 1 heterocycles. The summed E-state index contributed by atoms with van der Waals surface area (Å²) >= 11 is 1.74. The number of benzene rings is 1. The van der Waals surface area contributed by atoms with Gasteiger partial charge in [0.2, 0.25) is 5.91 Å². The zero-order valence-corrected chi connectivity index (χ0v) is 14.8. The number of hydrogen-bond acceptors (Lipinski definition) is 3. The van der Waals surface area contributed by atoms with Crippen molar-refractivity contribution >= 4 is 28.7 Å². The highest BCUT2D eigenvalue weighted by atomic mass is 32.2. The van der Waals surface area contributed by atoms with Gasteiger partial charge in [0.15, 0.2) is 0 Å². The van der Waals surface area contributed by atoms with Gasteiger partial charge in [0.05, 0.1) is 16.8 Å². The molecule has 1 fully saturated rings. The lowest BCUT2D eigenvalue weighted by molar-refractivity contribution is -0.133. The fourth-order valence-electron chi connectivity index (χ4n) is 3.62. The molecule has 0 saturated heterocycles. The Kier molecular flexibility index (Phi) is 5.26. The lowest BCUT2D eigenvalue weighted by atomic mass is 10.2. The number of fused-ring (bicyclic) bond motifs is 1. The predicted octanol–water partition coefficient (Wildman–Crippen LogP) is 3.69. The average Bonchev–Trinajstić information content (AvgIpc) is 3.18. The van der Waals surface area contributed by atoms with Crippen LogP contribution in [-0.4, -0.2) is 39.2 Å². The maximum Gasteiger partial charge on any atom is 0.242 e. The van der Waals surface area contributed by atoms with Crippen LogP contribution in [0.2, 0.25) is 0 Å². The highest BCUT2D eigenvalue weighted by Crippen LogP contribution is 2.25. The van der Waals surface area contributed by atoms with E-state index in [1.54, 1.807) is 11.8 Å². The summed E-state index contributed by atoms with van der Waals surface area (Å²) in [6.45, 7) is 3.29. The number of thioether (sulfide) groups is 1. The molecule has 1 aliphatic rings. The zero-order chi connectivity index (χ0) is 16.2. The highest BCUT2D eigenvalue weighted by molar-refractivity contribution is 7.97. The molecular formula is C18H25N3OS. The molecule has 0 bridgehead atoms. The van der Waals surface area contributed by atoms with Crippen molar-refractivity contribution in [2.24, 2.45) is 0 Å². The molecule has 3 rings (SSSR count). The van der Waals surface area contributed by atoms with Crippen LogP contribution in [0.1, 0.15) is 38.4 Å². The van der Waals surface area contributed by atoms with E-state index in [-0.39, 0.29) is 5.91 Å². The Balaban J connectivity index is 1.87. The fraction of sp³-hybridized carbons (Fsp3) is 0.556. The van der Waals surface area contributed by atoms with Crippen molar-refractivity contribution in [3.63, 3.8) is 0 Å². The van der Waals surface area contributed by atoms with E-state index in [0.717, 1.165) is 42.0 Å². The molecule has 1 amide bonds. The minimum Gasteiger partial charge on any atom is -0.338 e. The van der Waals surface area contributed by atoms with Gasteiger partial charge in [-0.25, -0.2) is 4.98 Å². The maximum absolute atomic E-state index is 12.9. The van der Waals surface area contributed by atoms with E-state index in [0.29, 0.717) is 12.6 Å². The SMILES string of the molecule is CCN(C(=O)Cn1c(CSC)nc2ccccc21)C1CCCC1. The van der Waals surface area contributed by atoms with Gasteiger partial charge in [-0.15, -0.1) is 0 Å². The molecule has 124 valence electrons. The summed E-state index contributed by atoms with van der Waals surface area (Å²) in [5.74, 6) is 2.05. The monoisotopic (exact) mass is 331 g/mol. The van der Waals surface area contributed by atoms with Crippen LogP contribution < -0.4 is 0 Å². The number of para-hydroxylation sites is 2. The first kappa shape index (κ1) is 16.4. The highest BCUT2D eigenvalue weighted by Gasteiger charge is 2.26. The summed E-state index contributed by atoms with van der Waals surface area (Å²) in [5, 5.41) is 0. The van der Waals surface area contributed by atoms with Gasteiger partial charge in [0.25, 0.3) is 0 Å². The van der Waals surface area contributed by atoms with E-state index < -0.39 is 0 Å². The quantitative estimate of drug-likeness (QED) is 0.810. The summed E-state index contributed by atoms with van der Waals surface area (Å²) in [6, 6.07) is 8.54. The van der Waals surface area contributed by atoms with Crippen LogP contribution in [0.3, 0.4) is 0 Å². The number of aromatic nitrogens is 2. The van der Waals surface area contributed by atoms with Crippen molar-refractivity contribution in [2.75, 3.05) is 12.8 Å². The molecule has 0 atom stereocenters. The van der Waals surface area contributed by atoms with Gasteiger partial charge >= 0.3 is 0 Å². The van der Waals surface area contributed by atoms with Crippen LogP contribution in [0.25, 0.3) is 11.0 Å². The molecule has 0 spiro atoms. The van der Waals surface area contributed by atoms with Crippen molar-refractivity contribution in [1.82, 2.24) is 14.5 Å². The van der Waals surface area contributed by atoms with Gasteiger partial charge in [-0.1, -0.05) is 25.0 Å². The van der Waals surface area contributed by atoms with Crippen molar-refractivity contribution in [3.05, 3.63) is 30.1 Å². The van der Waals surface area contributed by atoms with E-state index in [9.17, 15) is 4.79 Å². The minimum atomic E-state index is 0.227. The predicted molar refractivity (Wildman–Crippen MR) is 96.6 cm³/mol. The third-order valence-corrected chi connectivity index (χ3v) is 5.27. The lowest BCUT2D eigenvalue weighted by Gasteiger charge is -2.28. The van der Waals surface area contributed by atoms with Crippen LogP contribution in [-0.2, 0) is 17.1 Å². The summed E-state index contributed by atoms with van der Waals surface area (Å²) in [7, 11) is 0. The molecule has 0 unspecified atom stereocenters. The van der Waals surface area contributed by atoms with Crippen LogP contribution in [0.15, 0.2) is 24.3 Å². The van der Waals surface area contributed by atoms with E-state index in [1.807, 2.05) is 18.2 Å². The van der Waals surface area contributed by atoms with Crippen molar-refractivity contribution in [1.29, 1.82) is 0 Å². The topological polar surface area (TPSA) is 38.1 Å². The van der Waals surface area contributed by atoms with E-state index in [2.05, 4.69) is 28.7 Å². The number of likely N-dealkylation sites (N-methyl/N-ethyl adjacent to an activating group) is 1. The molecule has 0 radical (unpaired) electrons. The second-order valence-corrected chi connectivity index (χ2v) is 7.02. The summed E-state index contributed by atoms with van der Waals surface area (Å²) < 4.78 is 2.10. The summed E-state index contributed by atoms with van der Waals surface area (Å²) in [6.07, 6.45) is 6.88. The number of carbonyl (C=O) groups excluding carboxylic acids is 1. The van der Waals surface area contributed by atoms with Gasteiger partial charge in [-0.05, 0) is 38.2 Å². The molecular weight excluding hydrogens is 306 g/mol. The second kappa shape index (κ2) is 7.39. The Morgan fingerprint density at radius 3 is 2.78 bits per heavy atom. The number of hydrogen-bond donors (Lipinski definition) is 0. The van der Waals surface area contributed by atoms with Crippen LogP contribution in [0.5, 0.6) is 0 Å². The number of amides is 1. The van der Waals surface area contributed by atoms with Crippen molar-refractivity contribution in [3.8, 4) is 0 Å². The molecule has 1 aliphatic carbocycles. The number of carbonyl (C=O) groups is 1. The smallest absolute Gasteiger partial charge is 0.242 e. The van der Waals surface area contributed by atoms with Crippen LogP contribution >= 0.6 is 11.8 Å². The van der Waals surface area contributed by atoms with Gasteiger partial charge in [-0.3, -0.25) is 4.79 Å². The fourth-order valence-corrected chi connectivity index (χ4v) is 4.10. The molecule has 0 aliphatic heterocycles. The Morgan fingerprint density at radius 2 is 2.09 bits per heavy atom. The summed E-state index contributed by atoms with van der Waals surface area (Å²) in [4.78, 5) is 19.7. The van der Waals surface area contributed by atoms with Gasteiger partial charge in [-0.2, -0.15) is 11.8 Å². The summed E-state index contributed by atoms with van der Waals surface area (Å²) in [5.41, 5.74) is 2.04. The average molecular weight is 331 g/mol. The molecule has 1 aromatic carbocycles. The molecule has 2 aromatic rings. The third kappa shape index (κ3) is 3.39. The Labute approximate surface area is 142 Å². The first-order valence-electron chi connectivity index (χ1n) is 8.47. The second-order valence-electron chi connectivity index (χ2n) is 6.15. The Bertz CT molecular complexity index is 676. The van der Waals surface area contributed by atoms with Gasteiger partial charge in [0.1, 0.15) is 12.4 Å². The van der Waals surface area contributed by atoms with Crippen molar-refractivity contribution < 1.29 is 4.79 Å². The van der Waals surface area contributed by atoms with Crippen LogP contribution in [0.4, 0.5) is 0 Å². The van der Waals surface area contributed by atoms with Gasteiger partial charge in [0, 0.05) is 12.6 Å². The Hall–Kier alpha value is -1.49. The van der Waals surface area contributed by atoms with Crippen molar-refractivity contribution in [2.45, 2.75) is 50.9 Å². The largest absolute Gasteiger partial charge is 0.338 e. The number of rotatable bonds is 6. The normalized spacial score (nSPS) is 15.4. The first-order valence-corrected chi connectivity index (χ1v) is 9.86. The molecule has 1 aromatic heterocycles. The first-order chi connectivity index (χ1) is 11.2. The number of imidazole rings is 1. The maximum atomic E-state index is 12.9. The third-order valence-electron chi connectivity index (χ3n) is 4.73. The number of nitrogens with zero attached hydrogens (tertiary/aromatic N) is 3. The molecule has 5 heteroatoms. The van der Waals surface area contributed by atoms with E-state index in [1.165, 1.54) is 12.8 Å². The molecule has 1 saturated carbocycles. The van der Waals surface area contributed by atoms with E-state index >= 15 is 0 Å². The molecule has 23 heavy (non-hydrogen) atoms. The molecule has 4 nitrogen and oxygen atoms in total. The van der Waals surface area contributed by atoms with E-state index in [4.69, 9.17) is 4.98 Å². The molecule has 0 N–H and O–H groups in total. The minimum absolute atomic E-state index is 0.227. The van der Waals surface area contributed by atoms with Gasteiger partial charge < -0.3 is 9.47 Å².